The number of carbonyl (C=O) groups is 1. The summed E-state index contributed by atoms with van der Waals surface area (Å²) in [5, 5.41) is 0. The molecule has 3 nitrogen and oxygen atoms in total. The van der Waals surface area contributed by atoms with Crippen LogP contribution >= 0.6 is 11.8 Å². The molecule has 27 heavy (non-hydrogen) atoms. The second-order valence-electron chi connectivity index (χ2n) is 5.52. The van der Waals surface area contributed by atoms with Gasteiger partial charge in [-0.15, -0.1) is 0 Å². The lowest BCUT2D eigenvalue weighted by molar-refractivity contribution is -0.0328. The Morgan fingerprint density at radius 1 is 1.00 bits per heavy atom. The van der Waals surface area contributed by atoms with Crippen LogP contribution in [0.15, 0.2) is 71.8 Å². The maximum Gasteiger partial charge on any atom is 0.446 e. The zero-order valence-electron chi connectivity index (χ0n) is 14.2. The summed E-state index contributed by atoms with van der Waals surface area (Å²) in [6, 6.07) is 17.9. The fourth-order valence-electron chi connectivity index (χ4n) is 2.67. The summed E-state index contributed by atoms with van der Waals surface area (Å²) in [4.78, 5) is 16.2. The first-order valence-electron chi connectivity index (χ1n) is 7.88. The van der Waals surface area contributed by atoms with Gasteiger partial charge in [0.2, 0.25) is 0 Å². The van der Waals surface area contributed by atoms with Crippen molar-refractivity contribution in [1.82, 2.24) is 4.98 Å². The summed E-state index contributed by atoms with van der Waals surface area (Å²) in [6.07, 6.45) is 1.11. The maximum absolute atomic E-state index is 12.7. The summed E-state index contributed by atoms with van der Waals surface area (Å²) >= 11 is -0.323. The van der Waals surface area contributed by atoms with Gasteiger partial charge in [0, 0.05) is 16.7 Å². The first kappa shape index (κ1) is 19.0. The number of ether oxygens (including phenoxy) is 1. The van der Waals surface area contributed by atoms with Crippen molar-refractivity contribution in [2.75, 3.05) is 7.11 Å². The fraction of sp³-hybridized carbons (Fsp3) is 0.100. The first-order valence-corrected chi connectivity index (χ1v) is 8.69. The third-order valence-electron chi connectivity index (χ3n) is 3.77. The van der Waals surface area contributed by atoms with Crippen molar-refractivity contribution in [3.63, 3.8) is 0 Å². The van der Waals surface area contributed by atoms with E-state index in [1.54, 1.807) is 12.1 Å². The van der Waals surface area contributed by atoms with Gasteiger partial charge < -0.3 is 4.74 Å². The third kappa shape index (κ3) is 4.49. The molecule has 2 aromatic carbocycles. The van der Waals surface area contributed by atoms with Gasteiger partial charge >= 0.3 is 11.5 Å². The Balaban J connectivity index is 2.16. The van der Waals surface area contributed by atoms with Crippen LogP contribution in [0.4, 0.5) is 13.2 Å². The van der Waals surface area contributed by atoms with Gasteiger partial charge in [0.05, 0.1) is 18.4 Å². The highest BCUT2D eigenvalue weighted by atomic mass is 32.2. The highest BCUT2D eigenvalue weighted by molar-refractivity contribution is 8.00. The Morgan fingerprint density at radius 2 is 1.63 bits per heavy atom. The van der Waals surface area contributed by atoms with E-state index in [4.69, 9.17) is 4.74 Å². The molecule has 3 rings (SSSR count). The van der Waals surface area contributed by atoms with E-state index in [9.17, 15) is 18.0 Å². The number of methoxy groups -OCH3 is 1. The summed E-state index contributed by atoms with van der Waals surface area (Å²) < 4.78 is 42.8. The molecule has 0 N–H and O–H groups in total. The molecule has 0 saturated heterocycles. The van der Waals surface area contributed by atoms with Crippen molar-refractivity contribution < 1.29 is 22.7 Å². The van der Waals surface area contributed by atoms with E-state index in [-0.39, 0.29) is 27.9 Å². The molecule has 0 radical (unpaired) electrons. The number of nitrogens with zero attached hydrogens (tertiary/aromatic N) is 1. The molecule has 0 aliphatic rings. The van der Waals surface area contributed by atoms with E-state index in [0.29, 0.717) is 5.56 Å². The molecule has 138 valence electrons. The smallest absolute Gasteiger partial charge is 0.446 e. The summed E-state index contributed by atoms with van der Waals surface area (Å²) in [6.45, 7) is 0. The van der Waals surface area contributed by atoms with E-state index in [2.05, 4.69) is 4.98 Å². The van der Waals surface area contributed by atoms with Gasteiger partial charge in [-0.05, 0) is 29.0 Å². The Morgan fingerprint density at radius 3 is 2.26 bits per heavy atom. The Hall–Kier alpha value is -2.80. The molecule has 0 bridgehead atoms. The first-order chi connectivity index (χ1) is 12.9. The minimum atomic E-state index is -4.47. The molecular formula is C20H14F3NO2S. The van der Waals surface area contributed by atoms with Crippen molar-refractivity contribution in [2.24, 2.45) is 0 Å². The Labute approximate surface area is 158 Å². The lowest BCUT2D eigenvalue weighted by Gasteiger charge is -2.14. The van der Waals surface area contributed by atoms with Gasteiger partial charge in [0.15, 0.2) is 0 Å². The molecule has 0 fully saturated rings. The van der Waals surface area contributed by atoms with Crippen molar-refractivity contribution in [2.45, 2.75) is 10.4 Å². The minimum Gasteiger partial charge on any atom is -0.465 e. The number of hydrogen-bond donors (Lipinski definition) is 0. The maximum atomic E-state index is 12.7. The zero-order chi connectivity index (χ0) is 19.4. The number of aromatic nitrogens is 1. The van der Waals surface area contributed by atoms with Gasteiger partial charge in [0.25, 0.3) is 0 Å². The topological polar surface area (TPSA) is 39.2 Å². The van der Waals surface area contributed by atoms with Gasteiger partial charge in [-0.1, -0.05) is 54.6 Å². The van der Waals surface area contributed by atoms with Crippen molar-refractivity contribution in [3.05, 3.63) is 72.4 Å². The third-order valence-corrected chi connectivity index (χ3v) is 4.46. The molecule has 0 unspecified atom stereocenters. The molecule has 0 atom stereocenters. The highest BCUT2D eigenvalue weighted by Gasteiger charge is 2.30. The number of rotatable bonds is 4. The number of benzene rings is 2. The molecule has 0 amide bonds. The number of alkyl halides is 3. The SMILES string of the molecule is COC(=O)c1cc(SC(F)(F)F)cnc1-c1ccccc1-c1ccccc1. The Bertz CT molecular complexity index is 959. The lowest BCUT2D eigenvalue weighted by atomic mass is 9.95. The van der Waals surface area contributed by atoms with E-state index >= 15 is 0 Å². The molecule has 0 saturated carbocycles. The average molecular weight is 389 g/mol. The number of carbonyl (C=O) groups excluding carboxylic acids is 1. The van der Waals surface area contributed by atoms with Crippen LogP contribution in [-0.2, 0) is 4.74 Å². The number of halogens is 3. The molecule has 1 heterocycles. The van der Waals surface area contributed by atoms with Crippen LogP contribution in [0.1, 0.15) is 10.4 Å². The second-order valence-corrected chi connectivity index (χ2v) is 6.66. The summed E-state index contributed by atoms with van der Waals surface area (Å²) in [5.74, 6) is -0.745. The van der Waals surface area contributed by atoms with Gasteiger partial charge in [0.1, 0.15) is 0 Å². The van der Waals surface area contributed by atoms with Crippen LogP contribution in [0.25, 0.3) is 22.4 Å². The number of hydrogen-bond acceptors (Lipinski definition) is 4. The van der Waals surface area contributed by atoms with Crippen LogP contribution in [0, 0.1) is 0 Å². The fourth-order valence-corrected chi connectivity index (χ4v) is 3.22. The van der Waals surface area contributed by atoms with Crippen molar-refractivity contribution >= 4 is 17.7 Å². The predicted octanol–water partition coefficient (Wildman–Crippen LogP) is 5.81. The average Bonchev–Trinajstić information content (AvgIpc) is 2.67. The summed E-state index contributed by atoms with van der Waals surface area (Å²) in [7, 11) is 1.18. The largest absolute Gasteiger partial charge is 0.465 e. The summed E-state index contributed by atoms with van der Waals surface area (Å²) in [5.41, 5.74) is -1.87. The quantitative estimate of drug-likeness (QED) is 0.417. The highest BCUT2D eigenvalue weighted by Crippen LogP contribution is 2.39. The van der Waals surface area contributed by atoms with E-state index < -0.39 is 11.5 Å². The van der Waals surface area contributed by atoms with E-state index in [1.165, 1.54) is 7.11 Å². The van der Waals surface area contributed by atoms with Crippen LogP contribution in [-0.4, -0.2) is 23.6 Å². The molecule has 0 spiro atoms. The van der Waals surface area contributed by atoms with E-state index in [1.807, 2.05) is 42.5 Å². The molecular weight excluding hydrogens is 375 g/mol. The van der Waals surface area contributed by atoms with Crippen LogP contribution in [0.2, 0.25) is 0 Å². The lowest BCUT2D eigenvalue weighted by Crippen LogP contribution is -2.07. The monoisotopic (exact) mass is 389 g/mol. The van der Waals surface area contributed by atoms with Gasteiger partial charge in [-0.25, -0.2) is 4.79 Å². The molecule has 1 aromatic heterocycles. The molecule has 7 heteroatoms. The number of thioether (sulfide) groups is 1. The number of esters is 1. The molecule has 0 aliphatic heterocycles. The molecule has 3 aromatic rings. The van der Waals surface area contributed by atoms with E-state index in [0.717, 1.165) is 23.4 Å². The van der Waals surface area contributed by atoms with Crippen LogP contribution in [0.3, 0.4) is 0 Å². The standard InChI is InChI=1S/C20H14F3NO2S/c1-26-19(25)17-11-14(27-20(21,22)23)12-24-18(17)16-10-6-5-9-15(16)13-7-3-2-4-8-13/h2-12H,1H3. The van der Waals surface area contributed by atoms with Crippen molar-refractivity contribution in [3.8, 4) is 22.4 Å². The van der Waals surface area contributed by atoms with Crippen LogP contribution in [0.5, 0.6) is 0 Å². The predicted molar refractivity (Wildman–Crippen MR) is 98.4 cm³/mol. The minimum absolute atomic E-state index is 0.0184. The Kier molecular flexibility index (Phi) is 5.51. The van der Waals surface area contributed by atoms with Crippen LogP contribution < -0.4 is 0 Å². The van der Waals surface area contributed by atoms with Gasteiger partial charge in [-0.2, -0.15) is 13.2 Å². The normalized spacial score (nSPS) is 11.3. The number of pyridine rings is 1. The van der Waals surface area contributed by atoms with Gasteiger partial charge in [-0.3, -0.25) is 4.98 Å². The zero-order valence-corrected chi connectivity index (χ0v) is 15.0. The second kappa shape index (κ2) is 7.84. The molecule has 0 aliphatic carbocycles. The van der Waals surface area contributed by atoms with Crippen molar-refractivity contribution in [1.29, 1.82) is 0 Å².